The number of pyridine rings is 2. The number of aryl methyl sites for hydroxylation is 1. The summed E-state index contributed by atoms with van der Waals surface area (Å²) >= 11 is 0. The summed E-state index contributed by atoms with van der Waals surface area (Å²) < 4.78 is 0. The van der Waals surface area contributed by atoms with Crippen molar-refractivity contribution < 1.29 is 0 Å². The Morgan fingerprint density at radius 3 is 2.90 bits per heavy atom. The van der Waals surface area contributed by atoms with Crippen LogP contribution in [0.4, 0.5) is 11.5 Å². The summed E-state index contributed by atoms with van der Waals surface area (Å²) in [4.78, 5) is 8.76. The predicted octanol–water partition coefficient (Wildman–Crippen LogP) is 3.56. The molecule has 0 saturated heterocycles. The van der Waals surface area contributed by atoms with Gasteiger partial charge in [0.15, 0.2) is 0 Å². The number of nitrogens with one attached hydrogen (secondary N) is 2. The highest BCUT2D eigenvalue weighted by atomic mass is 15.1. The van der Waals surface area contributed by atoms with Crippen LogP contribution >= 0.6 is 0 Å². The molecule has 3 heterocycles. The lowest BCUT2D eigenvalue weighted by Crippen LogP contribution is -1.94. The normalized spacial score (nSPS) is 11.1. The van der Waals surface area contributed by atoms with Crippen LogP contribution in [0.15, 0.2) is 48.8 Å². The molecule has 0 saturated carbocycles. The van der Waals surface area contributed by atoms with Gasteiger partial charge in [-0.1, -0.05) is 6.07 Å². The molecule has 0 amide bonds. The Morgan fingerprint density at radius 2 is 1.95 bits per heavy atom. The molecule has 5 nitrogen and oxygen atoms in total. The van der Waals surface area contributed by atoms with Crippen LogP contribution in [0, 0.1) is 6.92 Å². The van der Waals surface area contributed by atoms with E-state index in [9.17, 15) is 0 Å². The van der Waals surface area contributed by atoms with E-state index in [4.69, 9.17) is 0 Å². The molecule has 0 bridgehead atoms. The summed E-state index contributed by atoms with van der Waals surface area (Å²) in [6.07, 6.45) is 3.56. The van der Waals surface area contributed by atoms with Crippen LogP contribution < -0.4 is 5.32 Å². The molecule has 102 valence electrons. The molecule has 3 aromatic heterocycles. The van der Waals surface area contributed by atoms with E-state index in [1.54, 1.807) is 12.4 Å². The van der Waals surface area contributed by atoms with Crippen molar-refractivity contribution in [1.29, 1.82) is 0 Å². The number of aromatic nitrogens is 4. The van der Waals surface area contributed by atoms with E-state index in [0.717, 1.165) is 39.0 Å². The van der Waals surface area contributed by atoms with Crippen molar-refractivity contribution in [3.05, 3.63) is 54.5 Å². The number of hydrogen-bond acceptors (Lipinski definition) is 4. The lowest BCUT2D eigenvalue weighted by atomic mass is 10.2. The van der Waals surface area contributed by atoms with Crippen LogP contribution in [0.2, 0.25) is 0 Å². The maximum atomic E-state index is 4.43. The van der Waals surface area contributed by atoms with Gasteiger partial charge in [0.05, 0.1) is 16.4 Å². The molecule has 0 aliphatic rings. The third-order valence-electron chi connectivity index (χ3n) is 3.51. The van der Waals surface area contributed by atoms with Crippen LogP contribution in [-0.2, 0) is 0 Å². The molecule has 0 atom stereocenters. The minimum atomic E-state index is 0.807. The molecule has 0 radical (unpaired) electrons. The largest absolute Gasteiger partial charge is 0.340 e. The summed E-state index contributed by atoms with van der Waals surface area (Å²) in [6.45, 7) is 1.99. The zero-order valence-corrected chi connectivity index (χ0v) is 11.5. The number of fused-ring (bicyclic) bond motifs is 2. The average molecular weight is 275 g/mol. The van der Waals surface area contributed by atoms with Gasteiger partial charge in [-0.3, -0.25) is 10.1 Å². The highest BCUT2D eigenvalue weighted by Crippen LogP contribution is 2.26. The van der Waals surface area contributed by atoms with Crippen LogP contribution in [0.3, 0.4) is 0 Å². The fourth-order valence-corrected chi connectivity index (χ4v) is 2.50. The van der Waals surface area contributed by atoms with Gasteiger partial charge in [-0.15, -0.1) is 0 Å². The number of H-pyrrole nitrogens is 1. The number of benzene rings is 1. The monoisotopic (exact) mass is 275 g/mol. The van der Waals surface area contributed by atoms with E-state index < -0.39 is 0 Å². The van der Waals surface area contributed by atoms with Crippen LogP contribution in [0.5, 0.6) is 0 Å². The van der Waals surface area contributed by atoms with Gasteiger partial charge in [-0.05, 0) is 37.3 Å². The minimum Gasteiger partial charge on any atom is -0.340 e. The molecule has 0 aliphatic carbocycles. The quantitative estimate of drug-likeness (QED) is 0.587. The van der Waals surface area contributed by atoms with Crippen molar-refractivity contribution in [2.45, 2.75) is 6.92 Å². The first kappa shape index (κ1) is 11.8. The SMILES string of the molecule is Cc1[nH]nc2ccnc(Nc3ccc4ncccc4c3)c12. The van der Waals surface area contributed by atoms with Crippen molar-refractivity contribution in [3.8, 4) is 0 Å². The molecular weight excluding hydrogens is 262 g/mol. The van der Waals surface area contributed by atoms with Crippen molar-refractivity contribution >= 4 is 33.3 Å². The first-order chi connectivity index (χ1) is 10.3. The Labute approximate surface area is 121 Å². The molecule has 0 fully saturated rings. The Kier molecular flexibility index (Phi) is 2.57. The van der Waals surface area contributed by atoms with Crippen molar-refractivity contribution in [3.63, 3.8) is 0 Å². The maximum Gasteiger partial charge on any atom is 0.141 e. The zero-order valence-electron chi connectivity index (χ0n) is 11.5. The van der Waals surface area contributed by atoms with Gasteiger partial charge in [0.2, 0.25) is 0 Å². The molecule has 0 aliphatic heterocycles. The van der Waals surface area contributed by atoms with Gasteiger partial charge < -0.3 is 5.32 Å². The zero-order chi connectivity index (χ0) is 14.2. The molecule has 21 heavy (non-hydrogen) atoms. The summed E-state index contributed by atoms with van der Waals surface area (Å²) in [5.74, 6) is 0.807. The first-order valence-corrected chi connectivity index (χ1v) is 6.73. The van der Waals surface area contributed by atoms with E-state index in [-0.39, 0.29) is 0 Å². The van der Waals surface area contributed by atoms with Crippen LogP contribution in [0.25, 0.3) is 21.8 Å². The van der Waals surface area contributed by atoms with E-state index in [1.165, 1.54) is 0 Å². The van der Waals surface area contributed by atoms with Crippen molar-refractivity contribution in [1.82, 2.24) is 20.2 Å². The fraction of sp³-hybridized carbons (Fsp3) is 0.0625. The molecule has 4 aromatic rings. The van der Waals surface area contributed by atoms with E-state index in [2.05, 4.69) is 31.5 Å². The second-order valence-corrected chi connectivity index (χ2v) is 4.94. The lowest BCUT2D eigenvalue weighted by Gasteiger charge is -2.08. The Bertz CT molecular complexity index is 942. The fourth-order valence-electron chi connectivity index (χ4n) is 2.50. The van der Waals surface area contributed by atoms with Crippen molar-refractivity contribution in [2.75, 3.05) is 5.32 Å². The summed E-state index contributed by atoms with van der Waals surface area (Å²) in [7, 11) is 0. The third kappa shape index (κ3) is 1.99. The first-order valence-electron chi connectivity index (χ1n) is 6.73. The Morgan fingerprint density at radius 1 is 1.00 bits per heavy atom. The number of hydrogen-bond donors (Lipinski definition) is 2. The third-order valence-corrected chi connectivity index (χ3v) is 3.51. The molecule has 1 aromatic carbocycles. The second-order valence-electron chi connectivity index (χ2n) is 4.94. The molecule has 2 N–H and O–H groups in total. The smallest absolute Gasteiger partial charge is 0.141 e. The standard InChI is InChI=1S/C16H13N5/c1-10-15-14(21-20-10)6-8-18-16(15)19-12-4-5-13-11(9-12)3-2-7-17-13/h2-9H,1H3,(H,18,19)(H,20,21). The number of aromatic amines is 1. The minimum absolute atomic E-state index is 0.807. The van der Waals surface area contributed by atoms with E-state index in [0.29, 0.717) is 0 Å². The van der Waals surface area contributed by atoms with Gasteiger partial charge in [0.1, 0.15) is 5.82 Å². The summed E-state index contributed by atoms with van der Waals surface area (Å²) in [6, 6.07) is 12.0. The molecular formula is C16H13N5. The molecule has 5 heteroatoms. The van der Waals surface area contributed by atoms with Crippen LogP contribution in [0.1, 0.15) is 5.69 Å². The average Bonchev–Trinajstić information content (AvgIpc) is 2.90. The number of anilines is 2. The summed E-state index contributed by atoms with van der Waals surface area (Å²) in [5, 5.41) is 12.7. The second kappa shape index (κ2) is 4.56. The molecule has 0 unspecified atom stereocenters. The topological polar surface area (TPSA) is 66.5 Å². The van der Waals surface area contributed by atoms with Gasteiger partial charge in [-0.25, -0.2) is 4.98 Å². The highest BCUT2D eigenvalue weighted by molar-refractivity contribution is 5.93. The maximum absolute atomic E-state index is 4.43. The molecule has 4 rings (SSSR count). The molecule has 0 spiro atoms. The van der Waals surface area contributed by atoms with Crippen molar-refractivity contribution in [2.24, 2.45) is 0 Å². The van der Waals surface area contributed by atoms with E-state index >= 15 is 0 Å². The Balaban J connectivity index is 1.81. The van der Waals surface area contributed by atoms with Gasteiger partial charge >= 0.3 is 0 Å². The number of rotatable bonds is 2. The highest BCUT2D eigenvalue weighted by Gasteiger charge is 2.08. The van der Waals surface area contributed by atoms with Gasteiger partial charge in [-0.2, -0.15) is 5.10 Å². The van der Waals surface area contributed by atoms with Gasteiger partial charge in [0, 0.05) is 29.2 Å². The van der Waals surface area contributed by atoms with Crippen LogP contribution in [-0.4, -0.2) is 20.2 Å². The van der Waals surface area contributed by atoms with E-state index in [1.807, 2.05) is 37.3 Å². The predicted molar refractivity (Wildman–Crippen MR) is 83.7 cm³/mol. The van der Waals surface area contributed by atoms with Gasteiger partial charge in [0.25, 0.3) is 0 Å². The Hall–Kier alpha value is -2.95. The lowest BCUT2D eigenvalue weighted by molar-refractivity contribution is 1.07. The number of nitrogens with zero attached hydrogens (tertiary/aromatic N) is 3. The summed E-state index contributed by atoms with van der Waals surface area (Å²) in [5.41, 5.74) is 3.88.